The lowest BCUT2D eigenvalue weighted by Gasteiger charge is -2.41. The van der Waals surface area contributed by atoms with Gasteiger partial charge in [-0.2, -0.15) is 15.7 Å². The summed E-state index contributed by atoms with van der Waals surface area (Å²) in [6, 6.07) is 4.63. The Balaban J connectivity index is 1.25. The fourth-order valence-electron chi connectivity index (χ4n) is 4.91. The van der Waals surface area contributed by atoms with E-state index >= 15 is 0 Å². The number of nitrogens with zero attached hydrogens (tertiary/aromatic N) is 3. The molecule has 7 nitrogen and oxygen atoms in total. The molecule has 2 aromatic rings. The summed E-state index contributed by atoms with van der Waals surface area (Å²) in [5, 5.41) is 19.3. The Morgan fingerprint density at radius 3 is 2.69 bits per heavy atom. The van der Waals surface area contributed by atoms with E-state index in [1.807, 2.05) is 0 Å². The van der Waals surface area contributed by atoms with Crippen molar-refractivity contribution in [3.63, 3.8) is 0 Å². The Bertz CT molecular complexity index is 994. The summed E-state index contributed by atoms with van der Waals surface area (Å²) in [7, 11) is 0. The number of likely N-dealkylation sites (tertiary alicyclic amines) is 1. The molecule has 1 aliphatic carbocycles. The summed E-state index contributed by atoms with van der Waals surface area (Å²) in [6.45, 7) is 8.93. The molecule has 35 heavy (non-hydrogen) atoms. The van der Waals surface area contributed by atoms with Gasteiger partial charge in [-0.05, 0) is 86.9 Å². The smallest absolute Gasteiger partial charge is 0.253 e. The number of aryl methyl sites for hydroxylation is 2. The second kappa shape index (κ2) is 11.5. The van der Waals surface area contributed by atoms with Crippen molar-refractivity contribution in [1.82, 2.24) is 25.4 Å². The van der Waals surface area contributed by atoms with E-state index in [1.54, 1.807) is 25.2 Å². The van der Waals surface area contributed by atoms with E-state index in [0.29, 0.717) is 47.5 Å². The number of aromatic nitrogens is 1. The maximum Gasteiger partial charge on any atom is 0.253 e. The number of thiophene rings is 1. The van der Waals surface area contributed by atoms with Crippen LogP contribution in [0.15, 0.2) is 22.9 Å². The molecule has 190 valence electrons. The number of hydrogen-bond donors (Lipinski definition) is 3. The van der Waals surface area contributed by atoms with E-state index in [2.05, 4.69) is 49.2 Å². The lowest BCUT2D eigenvalue weighted by Crippen LogP contribution is -2.52. The van der Waals surface area contributed by atoms with Crippen LogP contribution in [0.2, 0.25) is 0 Å². The summed E-state index contributed by atoms with van der Waals surface area (Å²) < 4.78 is 13.4. The molecule has 2 aromatic heterocycles. The first-order valence-electron chi connectivity index (χ1n) is 12.6. The number of hydrogen-bond acceptors (Lipinski definition) is 5. The van der Waals surface area contributed by atoms with E-state index < -0.39 is 5.95 Å². The summed E-state index contributed by atoms with van der Waals surface area (Å²) in [4.78, 5) is 21.2. The van der Waals surface area contributed by atoms with Crippen LogP contribution < -0.4 is 10.6 Å². The first-order valence-corrected chi connectivity index (χ1v) is 13.5. The molecule has 0 spiro atoms. The summed E-state index contributed by atoms with van der Waals surface area (Å²) >= 11 is 1.70. The average molecular weight is 501 g/mol. The van der Waals surface area contributed by atoms with Gasteiger partial charge in [0.25, 0.3) is 5.91 Å². The molecule has 0 radical (unpaired) electrons. The number of pyridine rings is 1. The minimum atomic E-state index is -0.555. The Labute approximate surface area is 211 Å². The van der Waals surface area contributed by atoms with Crippen molar-refractivity contribution in [1.29, 1.82) is 5.41 Å². The zero-order valence-corrected chi connectivity index (χ0v) is 21.8. The van der Waals surface area contributed by atoms with Crippen LogP contribution >= 0.6 is 11.3 Å². The molecule has 2 aliphatic rings. The molecular formula is C26H37FN6OS. The van der Waals surface area contributed by atoms with Gasteiger partial charge in [0.2, 0.25) is 5.95 Å². The maximum atomic E-state index is 13.4. The number of piperidine rings is 1. The Morgan fingerprint density at radius 2 is 2.06 bits per heavy atom. The first kappa shape index (κ1) is 25.6. The van der Waals surface area contributed by atoms with Gasteiger partial charge >= 0.3 is 0 Å². The van der Waals surface area contributed by atoms with Crippen molar-refractivity contribution >= 4 is 23.2 Å². The van der Waals surface area contributed by atoms with E-state index in [1.165, 1.54) is 11.6 Å². The van der Waals surface area contributed by atoms with Gasteiger partial charge in [0.1, 0.15) is 0 Å². The number of rotatable bonds is 9. The van der Waals surface area contributed by atoms with Crippen LogP contribution in [-0.4, -0.2) is 64.4 Å². The van der Waals surface area contributed by atoms with Crippen LogP contribution in [0.5, 0.6) is 0 Å². The molecule has 3 heterocycles. The molecule has 1 saturated carbocycles. The minimum absolute atomic E-state index is 0.191. The standard InChI is InChI=1S/C26H37FN6OS/c1-17-14-23(27)30-19(3)24(17)25(34)29-10-6-18(2)32-11-7-22(8-12-32)33(15-20-9-13-35-16-20)26(28)31-21-4-5-21/h9,13-14,16,18,21-22H,4-8,10-12,15H2,1-3H3,(H2,28,31)(H,29,34)/t18-/m1/s1. The molecule has 9 heteroatoms. The predicted molar refractivity (Wildman–Crippen MR) is 138 cm³/mol. The van der Waals surface area contributed by atoms with Crippen molar-refractivity contribution in [2.75, 3.05) is 19.6 Å². The van der Waals surface area contributed by atoms with E-state index in [4.69, 9.17) is 5.41 Å². The van der Waals surface area contributed by atoms with Gasteiger partial charge in [-0.25, -0.2) is 4.98 Å². The minimum Gasteiger partial charge on any atom is -0.354 e. The third-order valence-electron chi connectivity index (χ3n) is 7.14. The highest BCUT2D eigenvalue weighted by molar-refractivity contribution is 7.07. The Hall–Kier alpha value is -2.52. The molecule has 1 amide bonds. The molecule has 2 fully saturated rings. The lowest BCUT2D eigenvalue weighted by atomic mass is 10.0. The van der Waals surface area contributed by atoms with Crippen molar-refractivity contribution in [2.24, 2.45) is 0 Å². The Kier molecular flexibility index (Phi) is 8.38. The zero-order chi connectivity index (χ0) is 24.9. The van der Waals surface area contributed by atoms with Crippen LogP contribution in [0.3, 0.4) is 0 Å². The third-order valence-corrected chi connectivity index (χ3v) is 7.87. The number of guanidine groups is 1. The molecule has 3 N–H and O–H groups in total. The van der Waals surface area contributed by atoms with E-state index in [9.17, 15) is 9.18 Å². The Morgan fingerprint density at radius 1 is 1.31 bits per heavy atom. The van der Waals surface area contributed by atoms with Crippen LogP contribution in [0.4, 0.5) is 4.39 Å². The van der Waals surface area contributed by atoms with Crippen molar-refractivity contribution in [3.05, 3.63) is 51.2 Å². The van der Waals surface area contributed by atoms with E-state index in [-0.39, 0.29) is 5.91 Å². The van der Waals surface area contributed by atoms with Gasteiger partial charge in [0.05, 0.1) is 11.3 Å². The molecule has 0 aromatic carbocycles. The van der Waals surface area contributed by atoms with Crippen LogP contribution in [-0.2, 0) is 6.54 Å². The zero-order valence-electron chi connectivity index (χ0n) is 20.9. The summed E-state index contributed by atoms with van der Waals surface area (Å²) in [5.74, 6) is -0.182. The van der Waals surface area contributed by atoms with Gasteiger partial charge in [0.15, 0.2) is 5.96 Å². The molecule has 0 bridgehead atoms. The molecule has 1 aliphatic heterocycles. The molecule has 1 saturated heterocycles. The van der Waals surface area contributed by atoms with Crippen LogP contribution in [0, 0.1) is 25.2 Å². The lowest BCUT2D eigenvalue weighted by molar-refractivity contribution is 0.0933. The van der Waals surface area contributed by atoms with Crippen LogP contribution in [0.25, 0.3) is 0 Å². The van der Waals surface area contributed by atoms with E-state index in [0.717, 1.165) is 51.7 Å². The van der Waals surface area contributed by atoms with Crippen molar-refractivity contribution < 1.29 is 9.18 Å². The molecular weight excluding hydrogens is 463 g/mol. The molecule has 4 rings (SSSR count). The van der Waals surface area contributed by atoms with Gasteiger partial charge in [-0.15, -0.1) is 0 Å². The number of amides is 1. The summed E-state index contributed by atoms with van der Waals surface area (Å²) in [6.07, 6.45) is 5.22. The predicted octanol–water partition coefficient (Wildman–Crippen LogP) is 4.06. The largest absolute Gasteiger partial charge is 0.354 e. The van der Waals surface area contributed by atoms with Crippen molar-refractivity contribution in [2.45, 2.75) is 77.5 Å². The highest BCUT2D eigenvalue weighted by Crippen LogP contribution is 2.24. The highest BCUT2D eigenvalue weighted by Gasteiger charge is 2.31. The second-order valence-corrected chi connectivity index (χ2v) is 10.7. The SMILES string of the molecule is Cc1cc(F)nc(C)c1C(=O)NCC[C@@H](C)N1CCC(N(Cc2ccsc2)C(=N)NC2CC2)CC1. The van der Waals surface area contributed by atoms with Crippen molar-refractivity contribution in [3.8, 4) is 0 Å². The number of nitrogens with one attached hydrogen (secondary N) is 3. The van der Waals surface area contributed by atoms with Gasteiger partial charge < -0.3 is 20.4 Å². The number of carbonyl (C=O) groups is 1. The highest BCUT2D eigenvalue weighted by atomic mass is 32.1. The van der Waals surface area contributed by atoms with Gasteiger partial charge in [-0.1, -0.05) is 0 Å². The number of halogens is 1. The van der Waals surface area contributed by atoms with Gasteiger partial charge in [0, 0.05) is 44.3 Å². The average Bonchev–Trinajstić information content (AvgIpc) is 3.47. The fraction of sp³-hybridized carbons (Fsp3) is 0.577. The monoisotopic (exact) mass is 500 g/mol. The van der Waals surface area contributed by atoms with Crippen LogP contribution in [0.1, 0.15) is 66.2 Å². The second-order valence-electron chi connectivity index (χ2n) is 9.91. The van der Waals surface area contributed by atoms with Gasteiger partial charge in [-0.3, -0.25) is 10.2 Å². The topological polar surface area (TPSA) is 84.4 Å². The molecule has 0 unspecified atom stereocenters. The number of carbonyl (C=O) groups excluding carboxylic acids is 1. The third kappa shape index (κ3) is 6.79. The first-order chi connectivity index (χ1) is 16.8. The normalized spacial score (nSPS) is 17.7. The fourth-order valence-corrected chi connectivity index (χ4v) is 5.57. The molecule has 1 atom stereocenters. The summed E-state index contributed by atoms with van der Waals surface area (Å²) in [5.41, 5.74) is 2.76. The quantitative estimate of drug-likeness (QED) is 0.275. The maximum absolute atomic E-state index is 13.4.